The lowest BCUT2D eigenvalue weighted by Gasteiger charge is -2.30. The van der Waals surface area contributed by atoms with Crippen LogP contribution in [0.15, 0.2) is 79.0 Å². The summed E-state index contributed by atoms with van der Waals surface area (Å²) in [6, 6.07) is 25.9. The predicted molar refractivity (Wildman–Crippen MR) is 99.5 cm³/mol. The van der Waals surface area contributed by atoms with E-state index in [9.17, 15) is 0 Å². The number of nitrogens with zero attached hydrogens (tertiary/aromatic N) is 2. The van der Waals surface area contributed by atoms with Crippen LogP contribution in [0.25, 0.3) is 0 Å². The molecule has 3 rings (SSSR count). The summed E-state index contributed by atoms with van der Waals surface area (Å²) in [5, 5.41) is 0. The molecule has 1 atom stereocenters. The van der Waals surface area contributed by atoms with Gasteiger partial charge < -0.3 is 0 Å². The molecule has 2 nitrogen and oxygen atoms in total. The van der Waals surface area contributed by atoms with Crippen molar-refractivity contribution in [3.8, 4) is 0 Å². The zero-order chi connectivity index (χ0) is 16.8. The van der Waals surface area contributed by atoms with E-state index >= 15 is 0 Å². The van der Waals surface area contributed by atoms with Gasteiger partial charge in [-0.25, -0.2) is 0 Å². The molecule has 0 aliphatic carbocycles. The maximum atomic E-state index is 4.47. The summed E-state index contributed by atoms with van der Waals surface area (Å²) in [6.07, 6.45) is 1.87. The quantitative estimate of drug-likeness (QED) is 0.625. The molecule has 2 aromatic carbocycles. The monoisotopic (exact) mass is 316 g/mol. The predicted octanol–water partition coefficient (Wildman–Crippen LogP) is 5.15. The van der Waals surface area contributed by atoms with E-state index in [1.807, 2.05) is 12.3 Å². The summed E-state index contributed by atoms with van der Waals surface area (Å²) in [5.41, 5.74) is 5.07. The number of aromatic nitrogens is 1. The first kappa shape index (κ1) is 16.4. The maximum absolute atomic E-state index is 4.47. The number of benzene rings is 2. The van der Waals surface area contributed by atoms with Crippen molar-refractivity contribution in [3.63, 3.8) is 0 Å². The largest absolute Gasteiger partial charge is 0.288 e. The lowest BCUT2D eigenvalue weighted by Crippen LogP contribution is -2.27. The molecule has 0 saturated heterocycles. The molecule has 0 unspecified atom stereocenters. The van der Waals surface area contributed by atoms with Gasteiger partial charge in [0, 0.05) is 31.0 Å². The van der Waals surface area contributed by atoms with Crippen LogP contribution in [0, 0.1) is 6.92 Å². The van der Waals surface area contributed by atoms with Crippen molar-refractivity contribution >= 4 is 0 Å². The van der Waals surface area contributed by atoms with E-state index in [1.165, 1.54) is 16.7 Å². The van der Waals surface area contributed by atoms with Crippen LogP contribution in [0.5, 0.6) is 0 Å². The highest BCUT2D eigenvalue weighted by Gasteiger charge is 2.18. The molecule has 2 heteroatoms. The SMILES string of the molecule is Cc1ncccc1[C@H](C)N(Cc1ccccc1)Cc1ccccc1. The van der Waals surface area contributed by atoms with Crippen LogP contribution < -0.4 is 0 Å². The Morgan fingerprint density at radius 3 is 1.83 bits per heavy atom. The van der Waals surface area contributed by atoms with Crippen molar-refractivity contribution < 1.29 is 0 Å². The minimum absolute atomic E-state index is 0.305. The Bertz CT molecular complexity index is 712. The van der Waals surface area contributed by atoms with Gasteiger partial charge in [0.25, 0.3) is 0 Å². The van der Waals surface area contributed by atoms with Crippen molar-refractivity contribution in [2.75, 3.05) is 0 Å². The summed E-state index contributed by atoms with van der Waals surface area (Å²) in [6.45, 7) is 6.21. The highest BCUT2D eigenvalue weighted by Crippen LogP contribution is 2.26. The summed E-state index contributed by atoms with van der Waals surface area (Å²) in [4.78, 5) is 6.98. The Labute approximate surface area is 144 Å². The molecule has 122 valence electrons. The van der Waals surface area contributed by atoms with Gasteiger partial charge in [-0.15, -0.1) is 0 Å². The van der Waals surface area contributed by atoms with Gasteiger partial charge in [0.15, 0.2) is 0 Å². The second-order valence-electron chi connectivity index (χ2n) is 6.23. The Morgan fingerprint density at radius 2 is 1.33 bits per heavy atom. The molecule has 0 amide bonds. The molecule has 0 spiro atoms. The summed E-state index contributed by atoms with van der Waals surface area (Å²) in [7, 11) is 0. The molecule has 1 heterocycles. The second kappa shape index (κ2) is 7.89. The van der Waals surface area contributed by atoms with Gasteiger partial charge in [-0.2, -0.15) is 0 Å². The minimum atomic E-state index is 0.305. The van der Waals surface area contributed by atoms with Crippen LogP contribution in [0.3, 0.4) is 0 Å². The molecule has 3 aromatic rings. The van der Waals surface area contributed by atoms with Crippen LogP contribution in [0.2, 0.25) is 0 Å². The van der Waals surface area contributed by atoms with E-state index in [0.717, 1.165) is 18.8 Å². The highest BCUT2D eigenvalue weighted by molar-refractivity contribution is 5.24. The van der Waals surface area contributed by atoms with Crippen LogP contribution >= 0.6 is 0 Å². The zero-order valence-electron chi connectivity index (χ0n) is 14.4. The molecule has 24 heavy (non-hydrogen) atoms. The molecule has 0 N–H and O–H groups in total. The summed E-state index contributed by atoms with van der Waals surface area (Å²) >= 11 is 0. The first-order valence-electron chi connectivity index (χ1n) is 8.47. The van der Waals surface area contributed by atoms with Gasteiger partial charge in [-0.3, -0.25) is 9.88 Å². The summed E-state index contributed by atoms with van der Waals surface area (Å²) in [5.74, 6) is 0. The van der Waals surface area contributed by atoms with Gasteiger partial charge in [0.1, 0.15) is 0 Å². The molecule has 0 radical (unpaired) electrons. The molecule has 0 saturated carbocycles. The number of rotatable bonds is 6. The van der Waals surface area contributed by atoms with Crippen molar-refractivity contribution in [1.82, 2.24) is 9.88 Å². The lowest BCUT2D eigenvalue weighted by molar-refractivity contribution is 0.191. The van der Waals surface area contributed by atoms with Gasteiger partial charge >= 0.3 is 0 Å². The topological polar surface area (TPSA) is 16.1 Å². The Hall–Kier alpha value is -2.45. The first-order valence-corrected chi connectivity index (χ1v) is 8.47. The third-order valence-electron chi connectivity index (χ3n) is 4.50. The van der Waals surface area contributed by atoms with E-state index in [1.54, 1.807) is 0 Å². The van der Waals surface area contributed by atoms with Gasteiger partial charge in [-0.1, -0.05) is 66.7 Å². The van der Waals surface area contributed by atoms with E-state index < -0.39 is 0 Å². The Kier molecular flexibility index (Phi) is 5.39. The summed E-state index contributed by atoms with van der Waals surface area (Å²) < 4.78 is 0. The standard InChI is InChI=1S/C22H24N2/c1-18-22(14-9-15-23-18)19(2)24(16-20-10-5-3-6-11-20)17-21-12-7-4-8-13-21/h3-15,19H,16-17H2,1-2H3/t19-/m0/s1. The Morgan fingerprint density at radius 1 is 0.792 bits per heavy atom. The first-order chi connectivity index (χ1) is 11.7. The number of aryl methyl sites for hydroxylation is 1. The van der Waals surface area contributed by atoms with E-state index in [0.29, 0.717) is 6.04 Å². The molecule has 0 aliphatic heterocycles. The molecule has 0 fully saturated rings. The fourth-order valence-corrected chi connectivity index (χ4v) is 3.10. The molecule has 1 aromatic heterocycles. The van der Waals surface area contributed by atoms with Crippen LogP contribution in [0.1, 0.15) is 35.3 Å². The van der Waals surface area contributed by atoms with Gasteiger partial charge in [0.05, 0.1) is 0 Å². The van der Waals surface area contributed by atoms with Crippen LogP contribution in [-0.2, 0) is 13.1 Å². The normalized spacial score (nSPS) is 12.3. The van der Waals surface area contributed by atoms with Crippen molar-refractivity contribution in [2.24, 2.45) is 0 Å². The van der Waals surface area contributed by atoms with E-state index in [4.69, 9.17) is 0 Å². The van der Waals surface area contributed by atoms with Crippen molar-refractivity contribution in [1.29, 1.82) is 0 Å². The third kappa shape index (κ3) is 4.09. The van der Waals surface area contributed by atoms with Gasteiger partial charge in [0.2, 0.25) is 0 Å². The Balaban J connectivity index is 1.87. The molecule has 0 bridgehead atoms. The van der Waals surface area contributed by atoms with Crippen LogP contribution in [-0.4, -0.2) is 9.88 Å². The number of hydrogen-bond acceptors (Lipinski definition) is 2. The number of pyridine rings is 1. The highest BCUT2D eigenvalue weighted by atomic mass is 15.1. The average Bonchev–Trinajstić information content (AvgIpc) is 2.63. The molecular formula is C22H24N2. The second-order valence-corrected chi connectivity index (χ2v) is 6.23. The fraction of sp³-hybridized carbons (Fsp3) is 0.227. The average molecular weight is 316 g/mol. The van der Waals surface area contributed by atoms with Gasteiger partial charge in [-0.05, 0) is 36.6 Å². The fourth-order valence-electron chi connectivity index (χ4n) is 3.10. The van der Waals surface area contributed by atoms with Crippen LogP contribution in [0.4, 0.5) is 0 Å². The zero-order valence-corrected chi connectivity index (χ0v) is 14.4. The van der Waals surface area contributed by atoms with Crippen molar-refractivity contribution in [2.45, 2.75) is 33.0 Å². The number of hydrogen-bond donors (Lipinski definition) is 0. The van der Waals surface area contributed by atoms with E-state index in [-0.39, 0.29) is 0 Å². The molecule has 0 aliphatic rings. The molecular weight excluding hydrogens is 292 g/mol. The lowest BCUT2D eigenvalue weighted by atomic mass is 10.0. The maximum Gasteiger partial charge on any atom is 0.0420 e. The van der Waals surface area contributed by atoms with Crippen molar-refractivity contribution in [3.05, 3.63) is 101 Å². The third-order valence-corrected chi connectivity index (χ3v) is 4.50. The minimum Gasteiger partial charge on any atom is -0.288 e. The van der Waals surface area contributed by atoms with E-state index in [2.05, 4.69) is 90.5 Å². The smallest absolute Gasteiger partial charge is 0.0420 e.